The monoisotopic (exact) mass is 431 g/mol. The van der Waals surface area contributed by atoms with Gasteiger partial charge in [-0.2, -0.15) is 12.1 Å². The van der Waals surface area contributed by atoms with Gasteiger partial charge in [-0.1, -0.05) is 26.0 Å². The fourth-order valence-electron chi connectivity index (χ4n) is 4.34. The predicted molar refractivity (Wildman–Crippen MR) is 118 cm³/mol. The third kappa shape index (κ3) is 6.09. The summed E-state index contributed by atoms with van der Waals surface area (Å²) in [4.78, 5) is 2.70. The molecule has 3 heteroatoms. The summed E-state index contributed by atoms with van der Waals surface area (Å²) in [6.07, 6.45) is 4.70. The Hall–Kier alpha value is -1.80. The van der Waals surface area contributed by atoms with Gasteiger partial charge in [-0.15, -0.1) is 5.56 Å². The van der Waals surface area contributed by atoms with Crippen LogP contribution in [0.4, 0.5) is 0 Å². The Bertz CT molecular complexity index is 763. The number of benzene rings is 1. The smallest absolute Gasteiger partial charge is 0.122 e. The SMILES string of the molecule is CCCN(C1CCc2cccc(OC)c2C1)C(C)[c-]1cccc1.[Fe].[cH-]1[cH-][cH-][cH-][cH-]1. The van der Waals surface area contributed by atoms with Crippen LogP contribution in [0.15, 0.2) is 72.8 Å². The molecule has 3 aromatic carbocycles. The predicted octanol–water partition coefficient (Wildman–Crippen LogP) is 6.15. The van der Waals surface area contributed by atoms with Gasteiger partial charge in [-0.25, -0.2) is 12.1 Å². The largest absolute Gasteiger partial charge is 0.748 e. The van der Waals surface area contributed by atoms with E-state index in [1.807, 2.05) is 30.3 Å². The van der Waals surface area contributed by atoms with Gasteiger partial charge >= 0.3 is 0 Å². The van der Waals surface area contributed by atoms with Crippen LogP contribution in [0.1, 0.15) is 49.4 Å². The summed E-state index contributed by atoms with van der Waals surface area (Å²) >= 11 is 0. The van der Waals surface area contributed by atoms with Crippen molar-refractivity contribution in [2.75, 3.05) is 13.7 Å². The maximum Gasteiger partial charge on any atom is 0.122 e. The van der Waals surface area contributed by atoms with E-state index in [1.165, 1.54) is 29.5 Å². The number of hydrogen-bond donors (Lipinski definition) is 0. The molecule has 0 saturated heterocycles. The second-order valence-corrected chi connectivity index (χ2v) is 7.59. The molecule has 0 spiro atoms. The molecule has 0 aliphatic heterocycles. The summed E-state index contributed by atoms with van der Waals surface area (Å²) in [5.74, 6) is 1.06. The van der Waals surface area contributed by atoms with Crippen LogP contribution in [0, 0.1) is 0 Å². The molecule has 0 aromatic heterocycles. The molecule has 4 rings (SSSR count). The van der Waals surface area contributed by atoms with Crippen molar-refractivity contribution in [1.82, 2.24) is 4.90 Å². The van der Waals surface area contributed by atoms with E-state index in [2.05, 4.69) is 61.2 Å². The first kappa shape index (κ1) is 23.5. The van der Waals surface area contributed by atoms with E-state index in [0.29, 0.717) is 12.1 Å². The molecule has 0 radical (unpaired) electrons. The van der Waals surface area contributed by atoms with E-state index in [4.69, 9.17) is 4.74 Å². The Morgan fingerprint density at radius 2 is 1.76 bits per heavy atom. The van der Waals surface area contributed by atoms with Crippen molar-refractivity contribution in [3.8, 4) is 5.75 Å². The molecule has 0 heterocycles. The number of methoxy groups -OCH3 is 1. The summed E-state index contributed by atoms with van der Waals surface area (Å²) in [5, 5.41) is 0. The average Bonchev–Trinajstić information content (AvgIpc) is 3.47. The van der Waals surface area contributed by atoms with Crippen molar-refractivity contribution in [2.45, 2.75) is 51.6 Å². The standard InChI is InChI=1S/C21H28NO.C5H5.Fe/c1-4-14-22(16(2)17-8-5-6-9-17)19-13-12-18-10-7-11-21(23-3)20(18)15-19;1-2-4-5-3-1;/h5-11,16,19H,4,12-15H2,1-3H3;1-5H;/q-1;-5;. The minimum Gasteiger partial charge on any atom is -0.748 e. The van der Waals surface area contributed by atoms with Gasteiger partial charge in [0, 0.05) is 23.1 Å². The van der Waals surface area contributed by atoms with Crippen molar-refractivity contribution in [2.24, 2.45) is 0 Å². The first-order chi connectivity index (χ1) is 13.7. The molecular formula is C26H33FeNO-6. The summed E-state index contributed by atoms with van der Waals surface area (Å²) in [6.45, 7) is 5.78. The summed E-state index contributed by atoms with van der Waals surface area (Å²) in [6, 6.07) is 26.4. The molecule has 2 atom stereocenters. The number of hydrogen-bond acceptors (Lipinski definition) is 2. The molecule has 1 aliphatic rings. The maximum atomic E-state index is 5.61. The number of nitrogens with zero attached hydrogens (tertiary/aromatic N) is 1. The molecule has 0 fully saturated rings. The van der Waals surface area contributed by atoms with Crippen LogP contribution in [0.3, 0.4) is 0 Å². The molecular weight excluding hydrogens is 398 g/mol. The molecule has 0 bridgehead atoms. The van der Waals surface area contributed by atoms with Crippen LogP contribution in [0.25, 0.3) is 0 Å². The fourth-order valence-corrected chi connectivity index (χ4v) is 4.34. The zero-order valence-corrected chi connectivity index (χ0v) is 18.9. The molecule has 29 heavy (non-hydrogen) atoms. The summed E-state index contributed by atoms with van der Waals surface area (Å²) in [7, 11) is 1.79. The molecule has 2 unspecified atom stereocenters. The Morgan fingerprint density at radius 1 is 1.10 bits per heavy atom. The van der Waals surface area contributed by atoms with E-state index in [9.17, 15) is 0 Å². The molecule has 0 saturated carbocycles. The Labute approximate surface area is 187 Å². The van der Waals surface area contributed by atoms with Crippen LogP contribution in [-0.2, 0) is 29.9 Å². The molecule has 2 nitrogen and oxygen atoms in total. The minimum atomic E-state index is 0. The molecule has 1 aliphatic carbocycles. The van der Waals surface area contributed by atoms with E-state index in [0.717, 1.165) is 25.1 Å². The van der Waals surface area contributed by atoms with Gasteiger partial charge in [0.25, 0.3) is 0 Å². The van der Waals surface area contributed by atoms with E-state index >= 15 is 0 Å². The van der Waals surface area contributed by atoms with Crippen molar-refractivity contribution >= 4 is 0 Å². The first-order valence-corrected chi connectivity index (χ1v) is 10.5. The van der Waals surface area contributed by atoms with Gasteiger partial charge in [0.1, 0.15) is 5.75 Å². The first-order valence-electron chi connectivity index (χ1n) is 10.5. The summed E-state index contributed by atoms with van der Waals surface area (Å²) < 4.78 is 5.61. The van der Waals surface area contributed by atoms with Gasteiger partial charge in [0.15, 0.2) is 0 Å². The number of fused-ring (bicyclic) bond motifs is 1. The Balaban J connectivity index is 0.000000437. The van der Waals surface area contributed by atoms with Crippen LogP contribution in [0.5, 0.6) is 5.75 Å². The molecule has 0 N–H and O–H groups in total. The van der Waals surface area contributed by atoms with Gasteiger partial charge in [-0.3, -0.25) is 0 Å². The van der Waals surface area contributed by atoms with Crippen molar-refractivity contribution < 1.29 is 21.8 Å². The van der Waals surface area contributed by atoms with Crippen LogP contribution >= 0.6 is 0 Å². The fraction of sp³-hybridized carbons (Fsp3) is 0.385. The maximum absolute atomic E-state index is 5.61. The number of aryl methyl sites for hydroxylation is 1. The molecule has 3 aromatic rings. The van der Waals surface area contributed by atoms with Crippen LogP contribution in [0.2, 0.25) is 0 Å². The minimum absolute atomic E-state index is 0. The third-order valence-electron chi connectivity index (χ3n) is 5.81. The Kier molecular flexibility index (Phi) is 9.73. The van der Waals surface area contributed by atoms with Gasteiger partial charge in [-0.05, 0) is 55.5 Å². The third-order valence-corrected chi connectivity index (χ3v) is 5.81. The Morgan fingerprint density at radius 3 is 2.34 bits per heavy atom. The molecule has 162 valence electrons. The number of rotatable bonds is 6. The van der Waals surface area contributed by atoms with Gasteiger partial charge in [0.2, 0.25) is 0 Å². The van der Waals surface area contributed by atoms with Crippen molar-refractivity contribution in [3.05, 3.63) is 89.5 Å². The topological polar surface area (TPSA) is 12.5 Å². The zero-order valence-electron chi connectivity index (χ0n) is 17.8. The van der Waals surface area contributed by atoms with Crippen molar-refractivity contribution in [1.29, 1.82) is 0 Å². The summed E-state index contributed by atoms with van der Waals surface area (Å²) in [5.41, 5.74) is 4.32. The average molecular weight is 431 g/mol. The van der Waals surface area contributed by atoms with Crippen LogP contribution in [-0.4, -0.2) is 24.6 Å². The van der Waals surface area contributed by atoms with Crippen LogP contribution < -0.4 is 4.74 Å². The van der Waals surface area contributed by atoms with E-state index in [1.54, 1.807) is 7.11 Å². The van der Waals surface area contributed by atoms with Gasteiger partial charge in [0.05, 0.1) is 7.11 Å². The molecule has 0 amide bonds. The second kappa shape index (κ2) is 12.0. The van der Waals surface area contributed by atoms with Crippen molar-refractivity contribution in [3.63, 3.8) is 0 Å². The van der Waals surface area contributed by atoms with E-state index in [-0.39, 0.29) is 17.1 Å². The van der Waals surface area contributed by atoms with Gasteiger partial charge < -0.3 is 40.0 Å². The second-order valence-electron chi connectivity index (χ2n) is 7.59. The number of ether oxygens (including phenoxy) is 1. The normalized spacial score (nSPS) is 16.2. The zero-order chi connectivity index (χ0) is 19.8. The quantitative estimate of drug-likeness (QED) is 0.343. The van der Waals surface area contributed by atoms with E-state index < -0.39 is 0 Å².